The minimum atomic E-state index is 0. The van der Waals surface area contributed by atoms with Gasteiger partial charge in [-0.25, -0.2) is 4.98 Å². The number of guanidine groups is 1. The van der Waals surface area contributed by atoms with Crippen LogP contribution in [-0.4, -0.2) is 27.8 Å². The quantitative estimate of drug-likeness (QED) is 0.441. The molecule has 0 saturated carbocycles. The zero-order chi connectivity index (χ0) is 15.2. The number of benzene rings is 1. The fraction of sp³-hybridized carbons (Fsp3) is 0.357. The van der Waals surface area contributed by atoms with E-state index in [0.29, 0.717) is 12.5 Å². The second-order valence-electron chi connectivity index (χ2n) is 4.65. The predicted molar refractivity (Wildman–Crippen MR) is 99.6 cm³/mol. The molecule has 1 aromatic carbocycles. The van der Waals surface area contributed by atoms with Crippen LogP contribution in [0, 0.1) is 0 Å². The Labute approximate surface area is 152 Å². The number of hydrogen-bond acceptors (Lipinski definition) is 3. The van der Waals surface area contributed by atoms with Crippen LogP contribution in [0.4, 0.5) is 0 Å². The van der Waals surface area contributed by atoms with Crippen molar-refractivity contribution in [3.8, 4) is 0 Å². The van der Waals surface area contributed by atoms with Gasteiger partial charge in [0.05, 0.1) is 12.6 Å². The van der Waals surface area contributed by atoms with E-state index in [1.807, 2.05) is 31.3 Å². The molecule has 22 heavy (non-hydrogen) atoms. The van der Waals surface area contributed by atoms with E-state index in [0.717, 1.165) is 16.4 Å². The zero-order valence-corrected chi connectivity index (χ0v) is 15.8. The van der Waals surface area contributed by atoms with Crippen molar-refractivity contribution in [2.24, 2.45) is 12.0 Å². The SMILES string of the molecule is CN=C(NCc1ncnn1C)NC(C)c1cccc(Cl)c1.I. The Morgan fingerprint density at radius 1 is 1.45 bits per heavy atom. The van der Waals surface area contributed by atoms with E-state index in [9.17, 15) is 0 Å². The van der Waals surface area contributed by atoms with Gasteiger partial charge in [-0.1, -0.05) is 23.7 Å². The molecule has 0 spiro atoms. The van der Waals surface area contributed by atoms with Crippen LogP contribution in [0.5, 0.6) is 0 Å². The topological polar surface area (TPSA) is 67.1 Å². The van der Waals surface area contributed by atoms with E-state index in [4.69, 9.17) is 11.6 Å². The maximum atomic E-state index is 6.01. The Morgan fingerprint density at radius 3 is 2.82 bits per heavy atom. The van der Waals surface area contributed by atoms with Gasteiger partial charge in [0.2, 0.25) is 0 Å². The van der Waals surface area contributed by atoms with Gasteiger partial charge in [0.15, 0.2) is 5.96 Å². The van der Waals surface area contributed by atoms with E-state index >= 15 is 0 Å². The third-order valence-corrected chi connectivity index (χ3v) is 3.38. The van der Waals surface area contributed by atoms with Crippen LogP contribution < -0.4 is 10.6 Å². The van der Waals surface area contributed by atoms with Crippen LogP contribution in [0.3, 0.4) is 0 Å². The second-order valence-corrected chi connectivity index (χ2v) is 5.08. The van der Waals surface area contributed by atoms with E-state index in [1.54, 1.807) is 11.7 Å². The molecule has 2 N–H and O–H groups in total. The van der Waals surface area contributed by atoms with Gasteiger partial charge in [0.25, 0.3) is 0 Å². The number of aromatic nitrogens is 3. The molecule has 8 heteroatoms. The van der Waals surface area contributed by atoms with Gasteiger partial charge in [0.1, 0.15) is 12.2 Å². The lowest BCUT2D eigenvalue weighted by Gasteiger charge is -2.18. The Kier molecular flexibility index (Phi) is 7.60. The predicted octanol–water partition coefficient (Wildman–Crippen LogP) is 2.51. The average molecular weight is 435 g/mol. The minimum absolute atomic E-state index is 0. The van der Waals surface area contributed by atoms with Gasteiger partial charge in [-0.3, -0.25) is 9.67 Å². The monoisotopic (exact) mass is 434 g/mol. The molecule has 0 aliphatic heterocycles. The van der Waals surface area contributed by atoms with Gasteiger partial charge in [-0.15, -0.1) is 24.0 Å². The Bertz CT molecular complexity index is 627. The number of aryl methyl sites for hydroxylation is 1. The molecular weight excluding hydrogens is 415 g/mol. The molecule has 0 aliphatic rings. The summed E-state index contributed by atoms with van der Waals surface area (Å²) < 4.78 is 1.72. The van der Waals surface area contributed by atoms with Crippen LogP contribution in [0.25, 0.3) is 0 Å². The molecular formula is C14H20ClIN6. The van der Waals surface area contributed by atoms with Crippen molar-refractivity contribution in [2.75, 3.05) is 7.05 Å². The molecule has 0 aliphatic carbocycles. The van der Waals surface area contributed by atoms with Crippen molar-refractivity contribution in [1.29, 1.82) is 0 Å². The molecule has 0 saturated heterocycles. The van der Waals surface area contributed by atoms with Crippen molar-refractivity contribution in [1.82, 2.24) is 25.4 Å². The average Bonchev–Trinajstić information content (AvgIpc) is 2.88. The van der Waals surface area contributed by atoms with Gasteiger partial charge in [0, 0.05) is 19.1 Å². The molecule has 0 fully saturated rings. The molecule has 1 atom stereocenters. The van der Waals surface area contributed by atoms with Crippen LogP contribution in [-0.2, 0) is 13.6 Å². The third kappa shape index (κ3) is 5.13. The van der Waals surface area contributed by atoms with Crippen LogP contribution in [0.1, 0.15) is 24.4 Å². The summed E-state index contributed by atoms with van der Waals surface area (Å²) in [5.41, 5.74) is 1.10. The molecule has 2 aromatic rings. The van der Waals surface area contributed by atoms with Crippen molar-refractivity contribution in [3.63, 3.8) is 0 Å². The van der Waals surface area contributed by atoms with Crippen LogP contribution >= 0.6 is 35.6 Å². The smallest absolute Gasteiger partial charge is 0.191 e. The van der Waals surface area contributed by atoms with E-state index < -0.39 is 0 Å². The maximum Gasteiger partial charge on any atom is 0.191 e. The van der Waals surface area contributed by atoms with Crippen LogP contribution in [0.15, 0.2) is 35.6 Å². The fourth-order valence-corrected chi connectivity index (χ4v) is 2.10. The Morgan fingerprint density at radius 2 is 2.23 bits per heavy atom. The summed E-state index contributed by atoms with van der Waals surface area (Å²) in [5, 5.41) is 11.3. The summed E-state index contributed by atoms with van der Waals surface area (Å²) in [7, 11) is 3.59. The molecule has 0 radical (unpaired) electrons. The van der Waals surface area contributed by atoms with Crippen molar-refractivity contribution in [2.45, 2.75) is 19.5 Å². The van der Waals surface area contributed by atoms with Gasteiger partial charge >= 0.3 is 0 Å². The fourth-order valence-electron chi connectivity index (χ4n) is 1.90. The first kappa shape index (κ1) is 18.7. The highest BCUT2D eigenvalue weighted by molar-refractivity contribution is 14.0. The zero-order valence-electron chi connectivity index (χ0n) is 12.7. The molecule has 120 valence electrons. The molecule has 6 nitrogen and oxygen atoms in total. The first-order chi connectivity index (χ1) is 10.1. The number of aliphatic imine (C=N–C) groups is 1. The second kappa shape index (κ2) is 8.94. The summed E-state index contributed by atoms with van der Waals surface area (Å²) in [4.78, 5) is 8.37. The summed E-state index contributed by atoms with van der Waals surface area (Å²) in [6.07, 6.45) is 1.53. The van der Waals surface area contributed by atoms with E-state index in [2.05, 4.69) is 32.6 Å². The third-order valence-electron chi connectivity index (χ3n) is 3.14. The first-order valence-electron chi connectivity index (χ1n) is 6.65. The Balaban J connectivity index is 0.00000242. The lowest BCUT2D eigenvalue weighted by molar-refractivity contribution is 0.651. The van der Waals surface area contributed by atoms with Crippen LogP contribution in [0.2, 0.25) is 5.02 Å². The van der Waals surface area contributed by atoms with E-state index in [1.165, 1.54) is 6.33 Å². The molecule has 2 rings (SSSR count). The summed E-state index contributed by atoms with van der Waals surface area (Å²) in [6.45, 7) is 2.61. The summed E-state index contributed by atoms with van der Waals surface area (Å²) >= 11 is 6.01. The Hall–Kier alpha value is -1.35. The van der Waals surface area contributed by atoms with Crippen molar-refractivity contribution in [3.05, 3.63) is 47.0 Å². The van der Waals surface area contributed by atoms with E-state index in [-0.39, 0.29) is 30.0 Å². The first-order valence-corrected chi connectivity index (χ1v) is 7.03. The van der Waals surface area contributed by atoms with Crippen molar-refractivity contribution < 1.29 is 0 Å². The number of nitrogens with one attached hydrogen (secondary N) is 2. The normalized spacial score (nSPS) is 12.5. The number of hydrogen-bond donors (Lipinski definition) is 2. The number of halogens is 2. The molecule has 1 unspecified atom stereocenters. The van der Waals surface area contributed by atoms with Crippen molar-refractivity contribution >= 4 is 41.5 Å². The number of rotatable bonds is 4. The minimum Gasteiger partial charge on any atom is -0.350 e. The lowest BCUT2D eigenvalue weighted by Crippen LogP contribution is -2.38. The highest BCUT2D eigenvalue weighted by Crippen LogP contribution is 2.17. The molecule has 0 bridgehead atoms. The largest absolute Gasteiger partial charge is 0.350 e. The highest BCUT2D eigenvalue weighted by Gasteiger charge is 2.09. The molecule has 1 heterocycles. The van der Waals surface area contributed by atoms with Gasteiger partial charge in [-0.2, -0.15) is 5.10 Å². The highest BCUT2D eigenvalue weighted by atomic mass is 127. The lowest BCUT2D eigenvalue weighted by atomic mass is 10.1. The molecule has 1 aromatic heterocycles. The summed E-state index contributed by atoms with van der Waals surface area (Å²) in [6, 6.07) is 7.86. The maximum absolute atomic E-state index is 6.01. The molecule has 0 amide bonds. The standard InChI is InChI=1S/C14H19ClN6.HI/c1-10(11-5-4-6-12(15)7-11)20-14(16-2)17-8-13-18-9-19-21(13)3;/h4-7,9-10H,8H2,1-3H3,(H2,16,17,20);1H. The van der Waals surface area contributed by atoms with Gasteiger partial charge in [-0.05, 0) is 24.6 Å². The number of nitrogens with zero attached hydrogens (tertiary/aromatic N) is 4. The summed E-state index contributed by atoms with van der Waals surface area (Å²) in [5.74, 6) is 1.54. The van der Waals surface area contributed by atoms with Gasteiger partial charge < -0.3 is 10.6 Å².